The normalized spacial score (nSPS) is 12.1. The van der Waals surface area contributed by atoms with Crippen molar-refractivity contribution >= 4 is 23.1 Å². The largest absolute Gasteiger partial charge is 0.360 e. The molecule has 1 atom stereocenters. The van der Waals surface area contributed by atoms with Gasteiger partial charge in [0.1, 0.15) is 5.78 Å². The van der Waals surface area contributed by atoms with E-state index in [4.69, 9.17) is 4.55 Å². The van der Waals surface area contributed by atoms with Gasteiger partial charge in [-0.2, -0.15) is 4.21 Å². The van der Waals surface area contributed by atoms with Crippen LogP contribution in [0.25, 0.3) is 0 Å². The molecule has 0 spiro atoms. The first-order valence-corrected chi connectivity index (χ1v) is 7.37. The van der Waals surface area contributed by atoms with Crippen molar-refractivity contribution in [2.45, 2.75) is 64.7 Å². The van der Waals surface area contributed by atoms with Crippen molar-refractivity contribution in [2.24, 2.45) is 0 Å². The summed E-state index contributed by atoms with van der Waals surface area (Å²) in [5.74, 6) is -0.382. The second kappa shape index (κ2) is 11.3. The summed E-state index contributed by atoms with van der Waals surface area (Å²) in [5, 5.41) is 0. The Morgan fingerprint density at radius 2 is 1.39 bits per heavy atom. The van der Waals surface area contributed by atoms with Gasteiger partial charge in [-0.1, -0.05) is 32.1 Å². The molecule has 6 heteroatoms. The van der Waals surface area contributed by atoms with Crippen molar-refractivity contribution in [3.8, 4) is 0 Å². The van der Waals surface area contributed by atoms with E-state index in [-0.39, 0.29) is 12.2 Å². The van der Waals surface area contributed by atoms with Crippen LogP contribution in [0.1, 0.15) is 64.7 Å². The monoisotopic (exact) mass is 278 g/mol. The number of hydrogen-bond acceptors (Lipinski definition) is 4. The van der Waals surface area contributed by atoms with Crippen molar-refractivity contribution in [3.63, 3.8) is 0 Å². The molecule has 18 heavy (non-hydrogen) atoms. The number of carbonyl (C=O) groups is 2. The van der Waals surface area contributed by atoms with Crippen LogP contribution in [0.2, 0.25) is 0 Å². The highest BCUT2D eigenvalue weighted by molar-refractivity contribution is 7.74. The van der Waals surface area contributed by atoms with Crippen LogP contribution in [-0.2, 0) is 25.1 Å². The van der Waals surface area contributed by atoms with Crippen molar-refractivity contribution in [3.05, 3.63) is 0 Å². The minimum atomic E-state index is -2.49. The lowest BCUT2D eigenvalue weighted by Gasteiger charge is -2.01. The highest BCUT2D eigenvalue weighted by atomic mass is 32.2. The predicted octanol–water partition coefficient (Wildman–Crippen LogP) is 2.77. The van der Waals surface area contributed by atoms with Crippen molar-refractivity contribution in [1.29, 1.82) is 0 Å². The Labute approximate surface area is 111 Å². The first-order chi connectivity index (χ1) is 8.52. The predicted molar refractivity (Wildman–Crippen MR) is 69.1 cm³/mol. The third-order valence-electron chi connectivity index (χ3n) is 2.57. The molecule has 0 aliphatic carbocycles. The van der Waals surface area contributed by atoms with E-state index in [1.165, 1.54) is 0 Å². The van der Waals surface area contributed by atoms with Gasteiger partial charge < -0.3 is 8.98 Å². The summed E-state index contributed by atoms with van der Waals surface area (Å²) in [7, 11) is 0. The Morgan fingerprint density at radius 3 is 1.83 bits per heavy atom. The molecule has 0 saturated heterocycles. The molecule has 0 radical (unpaired) electrons. The summed E-state index contributed by atoms with van der Waals surface area (Å²) in [6.45, 7) is 1.61. The van der Waals surface area contributed by atoms with Gasteiger partial charge in [-0.15, -0.1) is 0 Å². The van der Waals surface area contributed by atoms with E-state index < -0.39 is 17.3 Å². The molecular weight excluding hydrogens is 256 g/mol. The minimum Gasteiger partial charge on any atom is -0.343 e. The van der Waals surface area contributed by atoms with Gasteiger partial charge in [0, 0.05) is 12.8 Å². The van der Waals surface area contributed by atoms with Crippen molar-refractivity contribution in [2.75, 3.05) is 0 Å². The summed E-state index contributed by atoms with van der Waals surface area (Å²) in [4.78, 5) is 21.6. The molecule has 0 aromatic rings. The van der Waals surface area contributed by atoms with Crippen LogP contribution >= 0.6 is 0 Å². The van der Waals surface area contributed by atoms with E-state index in [2.05, 4.69) is 4.18 Å². The molecule has 5 nitrogen and oxygen atoms in total. The van der Waals surface area contributed by atoms with Gasteiger partial charge in [0.25, 0.3) is 0 Å². The zero-order chi connectivity index (χ0) is 13.8. The van der Waals surface area contributed by atoms with E-state index in [0.29, 0.717) is 12.8 Å². The number of unbranched alkanes of at least 4 members (excludes halogenated alkanes) is 6. The fourth-order valence-corrected chi connectivity index (χ4v) is 1.89. The first-order valence-electron chi connectivity index (χ1n) is 6.34. The second-order valence-electron chi connectivity index (χ2n) is 4.35. The van der Waals surface area contributed by atoms with Crippen molar-refractivity contribution < 1.29 is 22.5 Å². The van der Waals surface area contributed by atoms with Crippen LogP contribution in [0.15, 0.2) is 0 Å². The Morgan fingerprint density at radius 1 is 0.944 bits per heavy atom. The highest BCUT2D eigenvalue weighted by Crippen LogP contribution is 2.10. The summed E-state index contributed by atoms with van der Waals surface area (Å²) < 4.78 is 22.5. The Kier molecular flexibility index (Phi) is 10.9. The molecule has 0 amide bonds. The van der Waals surface area contributed by atoms with Crippen LogP contribution in [-0.4, -0.2) is 20.5 Å². The number of hydrogen-bond donors (Lipinski definition) is 1. The lowest BCUT2D eigenvalue weighted by molar-refractivity contribution is -0.134. The lowest BCUT2D eigenvalue weighted by Crippen LogP contribution is -2.05. The van der Waals surface area contributed by atoms with Gasteiger partial charge in [0.2, 0.25) is 0 Å². The molecule has 0 aromatic carbocycles. The Bertz CT molecular complexity index is 278. The molecule has 0 saturated carbocycles. The summed E-state index contributed by atoms with van der Waals surface area (Å²) in [6, 6.07) is 0. The number of rotatable bonds is 11. The second-order valence-corrected chi connectivity index (χ2v) is 4.95. The fourth-order valence-electron chi connectivity index (χ4n) is 1.65. The zero-order valence-corrected chi connectivity index (χ0v) is 11.7. The molecule has 0 fully saturated rings. The van der Waals surface area contributed by atoms with Gasteiger partial charge in [-0.05, 0) is 19.8 Å². The van der Waals surface area contributed by atoms with Gasteiger partial charge in [-0.3, -0.25) is 9.35 Å². The molecule has 0 aromatic heterocycles. The van der Waals surface area contributed by atoms with E-state index in [0.717, 1.165) is 38.5 Å². The van der Waals surface area contributed by atoms with Gasteiger partial charge >= 0.3 is 17.3 Å². The fraction of sp³-hybridized carbons (Fsp3) is 0.833. The third-order valence-corrected chi connectivity index (χ3v) is 2.90. The Balaban J connectivity index is 3.18. The molecule has 0 aliphatic heterocycles. The Hall–Kier alpha value is -0.750. The summed E-state index contributed by atoms with van der Waals surface area (Å²) in [6.07, 6.45) is 7.74. The quantitative estimate of drug-likeness (QED) is 0.464. The molecule has 1 unspecified atom stereocenters. The van der Waals surface area contributed by atoms with E-state index >= 15 is 0 Å². The number of Topliss-reactive ketones (excluding diaryl/α,β-unsaturated/α-hetero) is 1. The van der Waals surface area contributed by atoms with Crippen LogP contribution in [0.5, 0.6) is 0 Å². The first kappa shape index (κ1) is 17.2. The summed E-state index contributed by atoms with van der Waals surface area (Å²) >= 11 is -2.49. The molecule has 0 aliphatic rings. The third kappa shape index (κ3) is 13.3. The van der Waals surface area contributed by atoms with E-state index in [9.17, 15) is 13.8 Å². The van der Waals surface area contributed by atoms with E-state index in [1.807, 2.05) is 0 Å². The molecule has 0 rings (SSSR count). The molecule has 0 bridgehead atoms. The maximum Gasteiger partial charge on any atom is 0.360 e. The summed E-state index contributed by atoms with van der Waals surface area (Å²) in [5.41, 5.74) is 0. The maximum absolute atomic E-state index is 10.9. The number of carbonyl (C=O) groups excluding carboxylic acids is 2. The van der Waals surface area contributed by atoms with Crippen LogP contribution < -0.4 is 0 Å². The number of ketones is 1. The topological polar surface area (TPSA) is 80.7 Å². The maximum atomic E-state index is 10.9. The average molecular weight is 278 g/mol. The van der Waals surface area contributed by atoms with Gasteiger partial charge in [0.15, 0.2) is 0 Å². The smallest absolute Gasteiger partial charge is 0.343 e. The lowest BCUT2D eigenvalue weighted by atomic mass is 10.1. The van der Waals surface area contributed by atoms with Gasteiger partial charge in [-0.25, -0.2) is 0 Å². The molecular formula is C12H22O5S. The SMILES string of the molecule is CC(=O)CCCCCCCCCC(=O)OS(=O)O. The zero-order valence-electron chi connectivity index (χ0n) is 10.9. The van der Waals surface area contributed by atoms with E-state index in [1.54, 1.807) is 6.92 Å². The van der Waals surface area contributed by atoms with Crippen molar-refractivity contribution in [1.82, 2.24) is 0 Å². The molecule has 106 valence electrons. The van der Waals surface area contributed by atoms with Crippen LogP contribution in [0.3, 0.4) is 0 Å². The molecule has 1 N–H and O–H groups in total. The average Bonchev–Trinajstić information content (AvgIpc) is 2.25. The highest BCUT2D eigenvalue weighted by Gasteiger charge is 2.05. The van der Waals surface area contributed by atoms with Crippen LogP contribution in [0.4, 0.5) is 0 Å². The molecule has 0 heterocycles. The minimum absolute atomic E-state index is 0.191. The standard InChI is InChI=1S/C12H22O5S/c1-11(13)9-7-5-3-2-4-6-8-10-12(14)17-18(15)16/h2-10H2,1H3,(H,15,16). The van der Waals surface area contributed by atoms with Crippen LogP contribution in [0, 0.1) is 0 Å². The van der Waals surface area contributed by atoms with Gasteiger partial charge in [0.05, 0.1) is 0 Å².